The standard InChI is InChI=1S/C20H16FN3O5/c1-12(18-22-23-19(29-18)13-6-8-14(21)9-7-13)27-17(25)10-11-24-15-4-2-3-5-16(15)28-20(24)26/h2-9,12H,10-11H2,1H3/t12-/m1/s1. The Bertz CT molecular complexity index is 1210. The van der Waals surface area contributed by atoms with Gasteiger partial charge in [-0.15, -0.1) is 10.2 Å². The van der Waals surface area contributed by atoms with Gasteiger partial charge in [-0.3, -0.25) is 9.36 Å². The highest BCUT2D eigenvalue weighted by atomic mass is 19.1. The van der Waals surface area contributed by atoms with E-state index in [9.17, 15) is 14.0 Å². The van der Waals surface area contributed by atoms with Gasteiger partial charge in [-0.25, -0.2) is 9.18 Å². The number of carbonyl (C=O) groups is 1. The number of esters is 1. The molecule has 4 aromatic rings. The molecule has 0 unspecified atom stereocenters. The molecule has 4 rings (SSSR count). The number of hydrogen-bond donors (Lipinski definition) is 0. The zero-order chi connectivity index (χ0) is 20.4. The third kappa shape index (κ3) is 3.93. The van der Waals surface area contributed by atoms with Gasteiger partial charge in [0.15, 0.2) is 11.7 Å². The first-order valence-corrected chi connectivity index (χ1v) is 8.88. The normalized spacial score (nSPS) is 12.2. The monoisotopic (exact) mass is 397 g/mol. The van der Waals surface area contributed by atoms with Crippen LogP contribution in [0, 0.1) is 5.82 Å². The van der Waals surface area contributed by atoms with Crippen LogP contribution in [0.1, 0.15) is 25.3 Å². The Morgan fingerprint density at radius 3 is 2.69 bits per heavy atom. The highest BCUT2D eigenvalue weighted by Gasteiger charge is 2.20. The minimum atomic E-state index is -0.776. The predicted molar refractivity (Wildman–Crippen MR) is 99.3 cm³/mol. The Hall–Kier alpha value is -3.75. The van der Waals surface area contributed by atoms with E-state index in [1.807, 2.05) is 0 Å². The molecule has 0 aliphatic heterocycles. The quantitative estimate of drug-likeness (QED) is 0.459. The maximum Gasteiger partial charge on any atom is 0.419 e. The average molecular weight is 397 g/mol. The molecule has 29 heavy (non-hydrogen) atoms. The lowest BCUT2D eigenvalue weighted by atomic mass is 10.2. The van der Waals surface area contributed by atoms with E-state index in [0.29, 0.717) is 16.7 Å². The van der Waals surface area contributed by atoms with Crippen LogP contribution in [0.25, 0.3) is 22.6 Å². The molecule has 0 bridgehead atoms. The van der Waals surface area contributed by atoms with Crippen LogP contribution in [0.2, 0.25) is 0 Å². The van der Waals surface area contributed by atoms with Gasteiger partial charge in [0, 0.05) is 12.1 Å². The minimum absolute atomic E-state index is 0.0350. The van der Waals surface area contributed by atoms with Gasteiger partial charge in [0.05, 0.1) is 11.9 Å². The molecule has 2 aromatic heterocycles. The third-order valence-corrected chi connectivity index (χ3v) is 4.30. The number of nitrogens with zero attached hydrogens (tertiary/aromatic N) is 3. The number of rotatable bonds is 6. The van der Waals surface area contributed by atoms with Crippen LogP contribution < -0.4 is 5.76 Å². The lowest BCUT2D eigenvalue weighted by Gasteiger charge is -2.09. The van der Waals surface area contributed by atoms with Crippen molar-refractivity contribution >= 4 is 17.1 Å². The number of halogens is 1. The van der Waals surface area contributed by atoms with Crippen molar-refractivity contribution in [1.29, 1.82) is 0 Å². The van der Waals surface area contributed by atoms with E-state index in [2.05, 4.69) is 10.2 Å². The fraction of sp³-hybridized carbons (Fsp3) is 0.200. The van der Waals surface area contributed by atoms with E-state index in [1.165, 1.54) is 28.8 Å². The molecule has 2 heterocycles. The number of para-hydroxylation sites is 2. The van der Waals surface area contributed by atoms with Gasteiger partial charge in [-0.2, -0.15) is 0 Å². The van der Waals surface area contributed by atoms with Crippen LogP contribution in [-0.2, 0) is 16.1 Å². The van der Waals surface area contributed by atoms with Gasteiger partial charge in [0.2, 0.25) is 5.89 Å². The second-order valence-electron chi connectivity index (χ2n) is 6.32. The predicted octanol–water partition coefficient (Wildman–Crippen LogP) is 3.48. The van der Waals surface area contributed by atoms with Gasteiger partial charge >= 0.3 is 11.7 Å². The molecule has 2 aromatic carbocycles. The number of fused-ring (bicyclic) bond motifs is 1. The first-order valence-electron chi connectivity index (χ1n) is 8.88. The second-order valence-corrected chi connectivity index (χ2v) is 6.32. The van der Waals surface area contributed by atoms with E-state index in [-0.39, 0.29) is 30.6 Å². The Morgan fingerprint density at radius 2 is 1.90 bits per heavy atom. The molecule has 0 saturated heterocycles. The van der Waals surface area contributed by atoms with Gasteiger partial charge in [-0.1, -0.05) is 12.1 Å². The first-order chi connectivity index (χ1) is 14.0. The molecule has 9 heteroatoms. The highest BCUT2D eigenvalue weighted by molar-refractivity contribution is 5.73. The zero-order valence-corrected chi connectivity index (χ0v) is 15.4. The van der Waals surface area contributed by atoms with E-state index in [1.54, 1.807) is 31.2 Å². The lowest BCUT2D eigenvalue weighted by Crippen LogP contribution is -2.18. The Balaban J connectivity index is 1.39. The number of aryl methyl sites for hydroxylation is 1. The average Bonchev–Trinajstić information content (AvgIpc) is 3.31. The van der Waals surface area contributed by atoms with Crippen molar-refractivity contribution in [1.82, 2.24) is 14.8 Å². The fourth-order valence-electron chi connectivity index (χ4n) is 2.84. The van der Waals surface area contributed by atoms with Crippen LogP contribution in [0.5, 0.6) is 0 Å². The van der Waals surface area contributed by atoms with Gasteiger partial charge in [-0.05, 0) is 43.3 Å². The molecule has 0 aliphatic rings. The van der Waals surface area contributed by atoms with Crippen molar-refractivity contribution in [2.45, 2.75) is 26.0 Å². The Kier molecular flexibility index (Phi) is 4.94. The van der Waals surface area contributed by atoms with Crippen molar-refractivity contribution < 1.29 is 22.8 Å². The number of oxazole rings is 1. The minimum Gasteiger partial charge on any atom is -0.453 e. The summed E-state index contributed by atoms with van der Waals surface area (Å²) in [6.45, 7) is 1.71. The van der Waals surface area contributed by atoms with Crippen molar-refractivity contribution in [3.63, 3.8) is 0 Å². The summed E-state index contributed by atoms with van der Waals surface area (Å²) in [5.41, 5.74) is 1.62. The molecule has 0 N–H and O–H groups in total. The molecule has 8 nitrogen and oxygen atoms in total. The first kappa shape index (κ1) is 18.6. The van der Waals surface area contributed by atoms with E-state index < -0.39 is 17.8 Å². The summed E-state index contributed by atoms with van der Waals surface area (Å²) >= 11 is 0. The summed E-state index contributed by atoms with van der Waals surface area (Å²) in [4.78, 5) is 24.1. The molecule has 0 saturated carbocycles. The largest absolute Gasteiger partial charge is 0.453 e. The topological polar surface area (TPSA) is 100 Å². The molecule has 0 radical (unpaired) electrons. The smallest absolute Gasteiger partial charge is 0.419 e. The summed E-state index contributed by atoms with van der Waals surface area (Å²) in [6, 6.07) is 12.5. The van der Waals surface area contributed by atoms with Crippen LogP contribution in [0.4, 0.5) is 4.39 Å². The summed E-state index contributed by atoms with van der Waals surface area (Å²) in [7, 11) is 0. The van der Waals surface area contributed by atoms with Gasteiger partial charge in [0.1, 0.15) is 5.82 Å². The summed E-state index contributed by atoms with van der Waals surface area (Å²) in [6.07, 6.45) is -0.811. The summed E-state index contributed by atoms with van der Waals surface area (Å²) in [5.74, 6) is -1.13. The number of carbonyl (C=O) groups excluding carboxylic acids is 1. The molecule has 0 aliphatic carbocycles. The number of ether oxygens (including phenoxy) is 1. The second kappa shape index (κ2) is 7.70. The van der Waals surface area contributed by atoms with Crippen LogP contribution in [0.3, 0.4) is 0 Å². The SMILES string of the molecule is C[C@@H](OC(=O)CCn1c(=O)oc2ccccc21)c1nnc(-c2ccc(F)cc2)o1. The molecule has 0 amide bonds. The van der Waals surface area contributed by atoms with Crippen LogP contribution >= 0.6 is 0 Å². The lowest BCUT2D eigenvalue weighted by molar-refractivity contribution is -0.149. The van der Waals surface area contributed by atoms with E-state index in [0.717, 1.165) is 0 Å². The Labute approximate surface area is 163 Å². The number of aromatic nitrogens is 3. The van der Waals surface area contributed by atoms with Crippen LogP contribution in [-0.4, -0.2) is 20.7 Å². The molecule has 0 fully saturated rings. The molecule has 0 spiro atoms. The van der Waals surface area contributed by atoms with Gasteiger partial charge in [0.25, 0.3) is 5.89 Å². The molecule has 1 atom stereocenters. The van der Waals surface area contributed by atoms with Crippen molar-refractivity contribution in [2.75, 3.05) is 0 Å². The zero-order valence-electron chi connectivity index (χ0n) is 15.4. The maximum atomic E-state index is 13.0. The molecular formula is C20H16FN3O5. The van der Waals surface area contributed by atoms with Crippen molar-refractivity contribution in [3.8, 4) is 11.5 Å². The fourth-order valence-corrected chi connectivity index (χ4v) is 2.84. The summed E-state index contributed by atoms with van der Waals surface area (Å²) < 4.78 is 30.3. The van der Waals surface area contributed by atoms with E-state index >= 15 is 0 Å². The number of hydrogen-bond acceptors (Lipinski definition) is 7. The molecule has 148 valence electrons. The summed E-state index contributed by atoms with van der Waals surface area (Å²) in [5, 5.41) is 7.76. The van der Waals surface area contributed by atoms with Crippen molar-refractivity contribution in [2.24, 2.45) is 0 Å². The van der Waals surface area contributed by atoms with Crippen LogP contribution in [0.15, 0.2) is 62.2 Å². The maximum absolute atomic E-state index is 13.0. The highest BCUT2D eigenvalue weighted by Crippen LogP contribution is 2.23. The van der Waals surface area contributed by atoms with Crippen molar-refractivity contribution in [3.05, 3.63) is 70.8 Å². The third-order valence-electron chi connectivity index (χ3n) is 4.30. The molecular weight excluding hydrogens is 381 g/mol. The van der Waals surface area contributed by atoms with Gasteiger partial charge < -0.3 is 13.6 Å². The number of benzene rings is 2. The van der Waals surface area contributed by atoms with E-state index in [4.69, 9.17) is 13.6 Å². The Morgan fingerprint density at radius 1 is 1.14 bits per heavy atom.